The zero-order chi connectivity index (χ0) is 39.9. The van der Waals surface area contributed by atoms with Crippen molar-refractivity contribution in [3.8, 4) is 11.8 Å². The molecule has 0 saturated carbocycles. The van der Waals surface area contributed by atoms with Crippen LogP contribution in [0.15, 0.2) is 54.6 Å². The molecule has 0 aromatic heterocycles. The molecular formula is C37H37Cl2F2N3O10. The Hall–Kier alpha value is -4.40. The fourth-order valence-corrected chi connectivity index (χ4v) is 7.35. The second kappa shape index (κ2) is 15.8. The van der Waals surface area contributed by atoms with Crippen molar-refractivity contribution in [2.75, 3.05) is 12.4 Å². The predicted octanol–water partition coefficient (Wildman–Crippen LogP) is 4.29. The molecule has 5 rings (SSSR count). The number of nitriles is 1. The molecule has 9 atom stereocenters. The lowest BCUT2D eigenvalue weighted by Crippen LogP contribution is -2.60. The van der Waals surface area contributed by atoms with Gasteiger partial charge in [0.05, 0.1) is 35.5 Å². The lowest BCUT2D eigenvalue weighted by atomic mass is 9.62. The number of carboxylic acids is 1. The minimum atomic E-state index is -2.02. The molecule has 3 aromatic rings. The van der Waals surface area contributed by atoms with Crippen LogP contribution in [0.4, 0.5) is 14.5 Å². The van der Waals surface area contributed by atoms with Crippen LogP contribution in [-0.4, -0.2) is 88.2 Å². The average Bonchev–Trinajstić information content (AvgIpc) is 3.42. The smallest absolute Gasteiger partial charge is 0.340 e. The number of halogens is 4. The largest absolute Gasteiger partial charge is 0.495 e. The number of carboxylic acid groups (broad SMARTS) is 1. The number of aliphatic hydroxyl groups is 3. The van der Waals surface area contributed by atoms with E-state index in [9.17, 15) is 40.1 Å². The molecule has 0 aliphatic carbocycles. The highest BCUT2D eigenvalue weighted by Crippen LogP contribution is 2.53. The van der Waals surface area contributed by atoms with Gasteiger partial charge >= 0.3 is 11.9 Å². The van der Waals surface area contributed by atoms with E-state index >= 15 is 8.78 Å². The maximum atomic E-state index is 16.0. The number of ether oxygens (including phenoxy) is 3. The molecular weight excluding hydrogens is 755 g/mol. The molecule has 17 heteroatoms. The van der Waals surface area contributed by atoms with Crippen molar-refractivity contribution in [3.05, 3.63) is 93.0 Å². The normalized spacial score (nSPS) is 28.2. The number of hydrogen-bond acceptors (Lipinski definition) is 11. The minimum Gasteiger partial charge on any atom is -0.495 e. The molecule has 2 fully saturated rings. The molecule has 54 heavy (non-hydrogen) atoms. The minimum absolute atomic E-state index is 0.00380. The first-order valence-corrected chi connectivity index (χ1v) is 17.3. The van der Waals surface area contributed by atoms with E-state index in [2.05, 4.69) is 16.7 Å². The first-order valence-electron chi connectivity index (χ1n) is 16.5. The zero-order valence-corrected chi connectivity index (χ0v) is 30.7. The summed E-state index contributed by atoms with van der Waals surface area (Å²) in [7, 11) is 1.23. The Labute approximate surface area is 318 Å². The number of nitrogens with zero attached hydrogens (tertiary/aromatic N) is 1. The SMILES string of the molecule is COc1cc(C(=O)OC2OC(C(=O)O)C(O)C(O)C2O)ccc1NC(=O)[C@@H]1N[C@@H](CC(C)(C)C)[C@](C#N)(c2ccc(Cl)cc2F)[C@H]1c1cccc(Cl)c1F. The molecule has 2 aliphatic rings. The Morgan fingerprint density at radius 2 is 1.74 bits per heavy atom. The molecule has 0 spiro atoms. The van der Waals surface area contributed by atoms with Gasteiger partial charge in [-0.15, -0.1) is 0 Å². The number of benzene rings is 3. The van der Waals surface area contributed by atoms with Crippen LogP contribution < -0.4 is 15.4 Å². The molecule has 2 saturated heterocycles. The molecule has 6 N–H and O–H groups in total. The summed E-state index contributed by atoms with van der Waals surface area (Å²) in [6.07, 6.45) is -9.79. The lowest BCUT2D eigenvalue weighted by Gasteiger charge is -2.37. The summed E-state index contributed by atoms with van der Waals surface area (Å²) in [6, 6.07) is 11.5. The molecule has 2 aliphatic heterocycles. The first-order chi connectivity index (χ1) is 25.3. The molecule has 288 valence electrons. The van der Waals surface area contributed by atoms with Gasteiger partial charge in [-0.05, 0) is 53.8 Å². The maximum Gasteiger partial charge on any atom is 0.340 e. The van der Waals surface area contributed by atoms with Crippen molar-refractivity contribution in [3.63, 3.8) is 0 Å². The van der Waals surface area contributed by atoms with Gasteiger partial charge in [-0.25, -0.2) is 18.4 Å². The van der Waals surface area contributed by atoms with Crippen molar-refractivity contribution in [1.82, 2.24) is 5.32 Å². The Bertz CT molecular complexity index is 1990. The fourth-order valence-electron chi connectivity index (χ4n) is 7.01. The van der Waals surface area contributed by atoms with Crippen LogP contribution in [0.1, 0.15) is 54.6 Å². The van der Waals surface area contributed by atoms with Gasteiger partial charge < -0.3 is 45.3 Å². The van der Waals surface area contributed by atoms with E-state index in [4.69, 9.17) is 37.4 Å². The number of methoxy groups -OCH3 is 1. The number of hydrogen-bond donors (Lipinski definition) is 6. The monoisotopic (exact) mass is 791 g/mol. The summed E-state index contributed by atoms with van der Waals surface area (Å²) in [5.74, 6) is -6.82. The number of aliphatic carboxylic acids is 1. The summed E-state index contributed by atoms with van der Waals surface area (Å²) in [6.45, 7) is 5.68. The molecule has 0 radical (unpaired) electrons. The van der Waals surface area contributed by atoms with Crippen LogP contribution in [0.2, 0.25) is 10.0 Å². The summed E-state index contributed by atoms with van der Waals surface area (Å²) < 4.78 is 47.5. The predicted molar refractivity (Wildman–Crippen MR) is 189 cm³/mol. The van der Waals surface area contributed by atoms with Gasteiger partial charge in [0.25, 0.3) is 0 Å². The van der Waals surface area contributed by atoms with E-state index in [1.165, 1.54) is 49.6 Å². The van der Waals surface area contributed by atoms with Crippen molar-refractivity contribution in [2.45, 2.75) is 81.3 Å². The number of carbonyl (C=O) groups is 3. The van der Waals surface area contributed by atoms with Crippen molar-refractivity contribution < 1.29 is 57.8 Å². The van der Waals surface area contributed by atoms with Crippen molar-refractivity contribution >= 4 is 46.7 Å². The quantitative estimate of drug-likeness (QED) is 0.168. The Morgan fingerprint density at radius 3 is 2.35 bits per heavy atom. The standard InChI is InChI=1S/C37H37Cl2F2N3O10/c1-36(2,3)14-24-37(15-42,19-10-9-17(38)13-21(19)40)25(18-6-5-7-20(39)26(18)41)27(44-24)32(48)43-22-11-8-16(12-23(22)52-4)34(51)54-35-30(47)28(45)29(46)31(53-35)33(49)50/h5-13,24-25,27-31,35,44-47H,14H2,1-4H3,(H,43,48)(H,49,50)/t24-,25-,27+,28?,29?,30?,31?,35?,37-/m0/s1. The average molecular weight is 793 g/mol. The van der Waals surface area contributed by atoms with Crippen molar-refractivity contribution in [2.24, 2.45) is 5.41 Å². The Balaban J connectivity index is 1.52. The molecule has 3 aromatic carbocycles. The summed E-state index contributed by atoms with van der Waals surface area (Å²) >= 11 is 12.3. The number of carbonyl (C=O) groups excluding carboxylic acids is 2. The van der Waals surface area contributed by atoms with Crippen LogP contribution in [0.3, 0.4) is 0 Å². The second-order valence-electron chi connectivity index (χ2n) is 14.2. The molecule has 13 nitrogen and oxygen atoms in total. The second-order valence-corrected chi connectivity index (χ2v) is 15.1. The van der Waals surface area contributed by atoms with Gasteiger partial charge in [-0.3, -0.25) is 4.79 Å². The van der Waals surface area contributed by atoms with E-state index in [0.29, 0.717) is 0 Å². The first kappa shape index (κ1) is 40.8. The highest BCUT2D eigenvalue weighted by Gasteiger charge is 2.61. The highest BCUT2D eigenvalue weighted by molar-refractivity contribution is 6.31. The van der Waals surface area contributed by atoms with Gasteiger partial charge in [0, 0.05) is 22.5 Å². The van der Waals surface area contributed by atoms with Crippen LogP contribution in [0, 0.1) is 28.4 Å². The van der Waals surface area contributed by atoms with E-state index in [1.807, 2.05) is 20.8 Å². The molecule has 0 bridgehead atoms. The van der Waals surface area contributed by atoms with Gasteiger partial charge in [-0.2, -0.15) is 5.26 Å². The number of amides is 1. The van der Waals surface area contributed by atoms with E-state index in [-0.39, 0.29) is 44.6 Å². The van der Waals surface area contributed by atoms with Crippen LogP contribution >= 0.6 is 23.2 Å². The number of aliphatic hydroxyl groups excluding tert-OH is 3. The highest BCUT2D eigenvalue weighted by atomic mass is 35.5. The van der Waals surface area contributed by atoms with Gasteiger partial charge in [0.2, 0.25) is 12.2 Å². The van der Waals surface area contributed by atoms with Gasteiger partial charge in [-0.1, -0.05) is 62.2 Å². The molecule has 1 amide bonds. The molecule has 5 unspecified atom stereocenters. The van der Waals surface area contributed by atoms with Crippen LogP contribution in [-0.2, 0) is 24.5 Å². The Morgan fingerprint density at radius 1 is 1.04 bits per heavy atom. The van der Waals surface area contributed by atoms with Crippen LogP contribution in [0.25, 0.3) is 0 Å². The van der Waals surface area contributed by atoms with Gasteiger partial charge in [0.1, 0.15) is 41.1 Å². The molecule has 2 heterocycles. The number of nitrogens with one attached hydrogen (secondary N) is 2. The topological polar surface area (TPSA) is 208 Å². The third kappa shape index (κ3) is 7.74. The zero-order valence-electron chi connectivity index (χ0n) is 29.2. The van der Waals surface area contributed by atoms with E-state index in [1.54, 1.807) is 0 Å². The summed E-state index contributed by atoms with van der Waals surface area (Å²) in [5.41, 5.74) is -2.82. The van der Waals surface area contributed by atoms with Gasteiger partial charge in [0.15, 0.2) is 6.10 Å². The number of anilines is 1. The van der Waals surface area contributed by atoms with E-state index < -0.39 is 89.0 Å². The van der Waals surface area contributed by atoms with Crippen molar-refractivity contribution in [1.29, 1.82) is 5.26 Å². The van der Waals surface area contributed by atoms with Crippen LogP contribution in [0.5, 0.6) is 5.75 Å². The number of rotatable bonds is 9. The third-order valence-electron chi connectivity index (χ3n) is 9.46. The van der Waals surface area contributed by atoms with E-state index in [0.717, 1.165) is 12.1 Å². The lowest BCUT2D eigenvalue weighted by molar-refractivity contribution is -0.278. The third-order valence-corrected chi connectivity index (χ3v) is 9.99. The Kier molecular flexibility index (Phi) is 11.9. The maximum absolute atomic E-state index is 16.0. The number of esters is 1. The summed E-state index contributed by atoms with van der Waals surface area (Å²) in [5, 5.41) is 56.3. The fraction of sp³-hybridized carbons (Fsp3) is 0.405. The summed E-state index contributed by atoms with van der Waals surface area (Å²) in [4.78, 5) is 38.9.